The maximum Gasteiger partial charge on any atom is 0.221 e. The van der Waals surface area contributed by atoms with Crippen LogP contribution in [0.4, 0.5) is 11.4 Å². The highest BCUT2D eigenvalue weighted by Gasteiger charge is 2.05. The molecule has 0 fully saturated rings. The predicted molar refractivity (Wildman–Crippen MR) is 73.2 cm³/mol. The van der Waals surface area contributed by atoms with E-state index in [0.29, 0.717) is 12.3 Å². The van der Waals surface area contributed by atoms with Gasteiger partial charge in [-0.2, -0.15) is 5.10 Å². The smallest absolute Gasteiger partial charge is 0.221 e. The average molecular weight is 260 g/mol. The van der Waals surface area contributed by atoms with Crippen molar-refractivity contribution in [2.45, 2.75) is 13.5 Å². The van der Waals surface area contributed by atoms with Gasteiger partial charge in [-0.1, -0.05) is 0 Å². The highest BCUT2D eigenvalue weighted by Crippen LogP contribution is 2.28. The van der Waals surface area contributed by atoms with Gasteiger partial charge in [-0.15, -0.1) is 0 Å². The van der Waals surface area contributed by atoms with Gasteiger partial charge in [0.25, 0.3) is 0 Å². The maximum absolute atomic E-state index is 11.0. The minimum Gasteiger partial charge on any atom is -0.495 e. The van der Waals surface area contributed by atoms with E-state index in [1.807, 2.05) is 12.1 Å². The van der Waals surface area contributed by atoms with Gasteiger partial charge in [0.05, 0.1) is 25.0 Å². The molecule has 100 valence electrons. The van der Waals surface area contributed by atoms with E-state index in [0.717, 1.165) is 17.1 Å². The van der Waals surface area contributed by atoms with Gasteiger partial charge in [-0.3, -0.25) is 9.89 Å². The van der Waals surface area contributed by atoms with Gasteiger partial charge in [0.1, 0.15) is 5.75 Å². The van der Waals surface area contributed by atoms with Crippen LogP contribution in [-0.4, -0.2) is 23.2 Å². The van der Waals surface area contributed by atoms with Gasteiger partial charge < -0.3 is 15.4 Å². The molecule has 0 spiro atoms. The summed E-state index contributed by atoms with van der Waals surface area (Å²) in [5, 5.41) is 12.7. The lowest BCUT2D eigenvalue weighted by molar-refractivity contribution is -0.114. The Hall–Kier alpha value is -2.50. The zero-order valence-electron chi connectivity index (χ0n) is 10.9. The van der Waals surface area contributed by atoms with Crippen molar-refractivity contribution in [3.63, 3.8) is 0 Å². The maximum atomic E-state index is 11.0. The second-order valence-electron chi connectivity index (χ2n) is 4.03. The van der Waals surface area contributed by atoms with E-state index in [1.165, 1.54) is 6.92 Å². The number of amides is 1. The lowest BCUT2D eigenvalue weighted by Crippen LogP contribution is -2.07. The van der Waals surface area contributed by atoms with E-state index in [9.17, 15) is 4.79 Å². The van der Waals surface area contributed by atoms with Crippen LogP contribution in [0.2, 0.25) is 0 Å². The summed E-state index contributed by atoms with van der Waals surface area (Å²) in [4.78, 5) is 11.0. The van der Waals surface area contributed by atoms with E-state index in [-0.39, 0.29) is 5.91 Å². The van der Waals surface area contributed by atoms with Gasteiger partial charge >= 0.3 is 0 Å². The molecule has 0 aliphatic heterocycles. The molecule has 0 saturated heterocycles. The molecular weight excluding hydrogens is 244 g/mol. The molecule has 3 N–H and O–H groups in total. The molecule has 0 atom stereocenters. The number of anilines is 2. The summed E-state index contributed by atoms with van der Waals surface area (Å²) in [7, 11) is 1.61. The average Bonchev–Trinajstić information content (AvgIpc) is 2.89. The first-order valence-electron chi connectivity index (χ1n) is 5.87. The molecule has 0 aliphatic carbocycles. The molecule has 0 bridgehead atoms. The van der Waals surface area contributed by atoms with Crippen LogP contribution in [0.5, 0.6) is 5.75 Å². The number of aromatic amines is 1. The first-order valence-corrected chi connectivity index (χ1v) is 5.87. The van der Waals surface area contributed by atoms with Crippen LogP contribution >= 0.6 is 0 Å². The van der Waals surface area contributed by atoms with Gasteiger partial charge in [0.15, 0.2) is 0 Å². The van der Waals surface area contributed by atoms with Crippen molar-refractivity contribution in [3.8, 4) is 5.75 Å². The third-order valence-electron chi connectivity index (χ3n) is 2.55. The highest BCUT2D eigenvalue weighted by molar-refractivity contribution is 5.89. The molecule has 0 saturated carbocycles. The van der Waals surface area contributed by atoms with E-state index < -0.39 is 0 Å². The molecule has 19 heavy (non-hydrogen) atoms. The van der Waals surface area contributed by atoms with E-state index in [4.69, 9.17) is 4.74 Å². The Morgan fingerprint density at radius 3 is 2.89 bits per heavy atom. The summed E-state index contributed by atoms with van der Waals surface area (Å²) in [5.74, 6) is 0.610. The van der Waals surface area contributed by atoms with Gasteiger partial charge in [-0.25, -0.2) is 0 Å². The minimum atomic E-state index is -0.107. The number of carbonyl (C=O) groups is 1. The second kappa shape index (κ2) is 5.90. The molecular formula is C13H16N4O2. The first kappa shape index (κ1) is 12.9. The Bertz CT molecular complexity index is 552. The lowest BCUT2D eigenvalue weighted by atomic mass is 10.2. The molecule has 0 radical (unpaired) electrons. The number of hydrogen-bond acceptors (Lipinski definition) is 4. The summed E-state index contributed by atoms with van der Waals surface area (Å²) >= 11 is 0. The lowest BCUT2D eigenvalue weighted by Gasteiger charge is -2.12. The Morgan fingerprint density at radius 2 is 2.26 bits per heavy atom. The number of rotatable bonds is 5. The number of benzene rings is 1. The van der Waals surface area contributed by atoms with Gasteiger partial charge in [0, 0.05) is 18.8 Å². The van der Waals surface area contributed by atoms with Crippen molar-refractivity contribution < 1.29 is 9.53 Å². The molecule has 1 heterocycles. The summed E-state index contributed by atoms with van der Waals surface area (Å²) < 4.78 is 5.27. The SMILES string of the molecule is COc1ccc(NC(C)=O)cc1NCc1ccn[nH]1. The topological polar surface area (TPSA) is 79.0 Å². The van der Waals surface area contributed by atoms with Crippen molar-refractivity contribution in [2.24, 2.45) is 0 Å². The Balaban J connectivity index is 2.13. The monoisotopic (exact) mass is 260 g/mol. The quantitative estimate of drug-likeness (QED) is 0.768. The summed E-state index contributed by atoms with van der Waals surface area (Å²) in [6.07, 6.45) is 1.70. The number of nitrogens with one attached hydrogen (secondary N) is 3. The number of hydrogen-bond donors (Lipinski definition) is 3. The first-order chi connectivity index (χ1) is 9.19. The molecule has 1 amide bonds. The molecule has 0 unspecified atom stereocenters. The normalized spacial score (nSPS) is 10.0. The van der Waals surface area contributed by atoms with Crippen molar-refractivity contribution in [3.05, 3.63) is 36.2 Å². The molecule has 1 aromatic carbocycles. The minimum absolute atomic E-state index is 0.107. The third kappa shape index (κ3) is 3.48. The number of aromatic nitrogens is 2. The van der Waals surface area contributed by atoms with Crippen molar-refractivity contribution in [1.29, 1.82) is 0 Å². The molecule has 6 heteroatoms. The zero-order valence-corrected chi connectivity index (χ0v) is 10.9. The summed E-state index contributed by atoms with van der Waals surface area (Å²) in [6, 6.07) is 7.32. The molecule has 1 aromatic heterocycles. The van der Waals surface area contributed by atoms with Gasteiger partial charge in [0.2, 0.25) is 5.91 Å². The highest BCUT2D eigenvalue weighted by atomic mass is 16.5. The Kier molecular flexibility index (Phi) is 4.02. The van der Waals surface area contributed by atoms with Crippen molar-refractivity contribution in [2.75, 3.05) is 17.7 Å². The van der Waals surface area contributed by atoms with E-state index >= 15 is 0 Å². The van der Waals surface area contributed by atoms with E-state index in [2.05, 4.69) is 20.8 Å². The Labute approximate surface area is 111 Å². The van der Waals surface area contributed by atoms with Crippen LogP contribution < -0.4 is 15.4 Å². The molecule has 0 aliphatic rings. The molecule has 2 rings (SSSR count). The van der Waals surface area contributed by atoms with Crippen molar-refractivity contribution >= 4 is 17.3 Å². The van der Waals surface area contributed by atoms with Crippen molar-refractivity contribution in [1.82, 2.24) is 10.2 Å². The third-order valence-corrected chi connectivity index (χ3v) is 2.55. The fraction of sp³-hybridized carbons (Fsp3) is 0.231. The van der Waals surface area contributed by atoms with E-state index in [1.54, 1.807) is 25.4 Å². The number of nitrogens with zero attached hydrogens (tertiary/aromatic N) is 1. The fourth-order valence-corrected chi connectivity index (χ4v) is 1.70. The fourth-order valence-electron chi connectivity index (χ4n) is 1.70. The number of ether oxygens (including phenoxy) is 1. The Morgan fingerprint density at radius 1 is 1.42 bits per heavy atom. The van der Waals surface area contributed by atoms with Crippen LogP contribution in [0.25, 0.3) is 0 Å². The molecule has 6 nitrogen and oxygen atoms in total. The van der Waals surface area contributed by atoms with Gasteiger partial charge in [-0.05, 0) is 24.3 Å². The molecule has 2 aromatic rings. The number of carbonyl (C=O) groups excluding carboxylic acids is 1. The largest absolute Gasteiger partial charge is 0.495 e. The second-order valence-corrected chi connectivity index (χ2v) is 4.03. The summed E-state index contributed by atoms with van der Waals surface area (Å²) in [5.41, 5.74) is 2.50. The standard InChI is InChI=1S/C13H16N4O2/c1-9(18)16-10-3-4-13(19-2)12(7-10)14-8-11-5-6-15-17-11/h3-7,14H,8H2,1-2H3,(H,15,17)(H,16,18). The van der Waals surface area contributed by atoms with Crippen LogP contribution in [0.1, 0.15) is 12.6 Å². The predicted octanol–water partition coefficient (Wildman–Crippen LogP) is 1.99. The van der Waals surface area contributed by atoms with Crippen LogP contribution in [0.3, 0.4) is 0 Å². The number of methoxy groups -OCH3 is 1. The summed E-state index contributed by atoms with van der Waals surface area (Å²) in [6.45, 7) is 2.07. The van der Waals surface area contributed by atoms with Crippen LogP contribution in [-0.2, 0) is 11.3 Å². The van der Waals surface area contributed by atoms with Crippen LogP contribution in [0.15, 0.2) is 30.5 Å². The number of H-pyrrole nitrogens is 1. The zero-order chi connectivity index (χ0) is 13.7. The van der Waals surface area contributed by atoms with Crippen LogP contribution in [0, 0.1) is 0 Å².